The van der Waals surface area contributed by atoms with Crippen LogP contribution in [0.2, 0.25) is 0 Å². The summed E-state index contributed by atoms with van der Waals surface area (Å²) in [5, 5.41) is 0. The maximum Gasteiger partial charge on any atom is 0.315 e. The minimum Gasteiger partial charge on any atom is -0.469 e. The van der Waals surface area contributed by atoms with Crippen molar-refractivity contribution in [3.63, 3.8) is 0 Å². The normalized spacial score (nSPS) is 44.4. The van der Waals surface area contributed by atoms with Crippen molar-refractivity contribution < 1.29 is 46.0 Å². The van der Waals surface area contributed by atoms with Crippen LogP contribution < -0.4 is 0 Å². The lowest BCUT2D eigenvalue weighted by molar-refractivity contribution is -0.169. The van der Waals surface area contributed by atoms with E-state index in [-0.39, 0.29) is 12.3 Å². The van der Waals surface area contributed by atoms with Crippen molar-refractivity contribution in [3.05, 3.63) is 12.2 Å². The van der Waals surface area contributed by atoms with Crippen molar-refractivity contribution in [1.82, 2.24) is 0 Å². The van der Waals surface area contributed by atoms with E-state index in [4.69, 9.17) is 18.4 Å². The SMILES string of the molecule is C=C1C[C@]23C[C@@]1(OC(C)=O)CCC2[C@@]12CC[C@@H](OS(=O)(=O)CC(C)=O)[C@](C)(C(=O)O1)C2[C@@H]3C(=O)OC. The molecule has 0 aromatic rings. The number of carbonyl (C=O) groups is 4. The van der Waals surface area contributed by atoms with Crippen LogP contribution in [0.15, 0.2) is 12.2 Å². The van der Waals surface area contributed by atoms with Crippen molar-refractivity contribution in [2.45, 2.75) is 76.6 Å². The van der Waals surface area contributed by atoms with Crippen molar-refractivity contribution in [2.24, 2.45) is 28.6 Å². The molecule has 4 aliphatic carbocycles. The third-order valence-electron chi connectivity index (χ3n) is 9.67. The maximum absolute atomic E-state index is 13.5. The lowest BCUT2D eigenvalue weighted by Gasteiger charge is -2.46. The summed E-state index contributed by atoms with van der Waals surface area (Å²) in [4.78, 5) is 50.5. The van der Waals surface area contributed by atoms with Gasteiger partial charge in [0.05, 0.1) is 19.1 Å². The summed E-state index contributed by atoms with van der Waals surface area (Å²) < 4.78 is 48.0. The Hall–Kier alpha value is -2.27. The fraction of sp³-hybridized carbons (Fsp3) is 0.760. The van der Waals surface area contributed by atoms with E-state index in [0.717, 1.165) is 12.5 Å². The molecule has 1 heterocycles. The third-order valence-corrected chi connectivity index (χ3v) is 11.0. The Morgan fingerprint density at radius 3 is 2.47 bits per heavy atom. The number of fused-ring (bicyclic) bond motifs is 1. The second kappa shape index (κ2) is 7.63. The summed E-state index contributed by atoms with van der Waals surface area (Å²) in [6, 6.07) is 0. The number of ether oxygens (including phenoxy) is 3. The van der Waals surface area contributed by atoms with E-state index in [1.807, 2.05) is 0 Å². The first-order valence-corrected chi connectivity index (χ1v) is 13.8. The summed E-state index contributed by atoms with van der Waals surface area (Å²) in [6.07, 6.45) is 1.25. The summed E-state index contributed by atoms with van der Waals surface area (Å²) in [5.74, 6) is -4.68. The average Bonchev–Trinajstić information content (AvgIpc) is 3.18. The number of rotatable bonds is 6. The molecule has 36 heavy (non-hydrogen) atoms. The topological polar surface area (TPSA) is 139 Å². The molecule has 0 radical (unpaired) electrons. The van der Waals surface area contributed by atoms with Gasteiger partial charge < -0.3 is 14.2 Å². The molecule has 1 saturated heterocycles. The molecule has 0 aromatic heterocycles. The van der Waals surface area contributed by atoms with Crippen LogP contribution >= 0.6 is 0 Å². The quantitative estimate of drug-likeness (QED) is 0.219. The number of hydrogen-bond donors (Lipinski definition) is 0. The van der Waals surface area contributed by atoms with Crippen LogP contribution in [0.1, 0.15) is 59.3 Å². The van der Waals surface area contributed by atoms with E-state index in [1.165, 1.54) is 14.0 Å². The van der Waals surface area contributed by atoms with Gasteiger partial charge in [-0.05, 0) is 63.4 Å². The van der Waals surface area contributed by atoms with E-state index in [2.05, 4.69) is 6.58 Å². The average molecular weight is 525 g/mol. The van der Waals surface area contributed by atoms with Crippen LogP contribution in [0.4, 0.5) is 0 Å². The van der Waals surface area contributed by atoms with Crippen LogP contribution in [-0.4, -0.2) is 62.3 Å². The maximum atomic E-state index is 13.5. The Morgan fingerprint density at radius 2 is 1.86 bits per heavy atom. The van der Waals surface area contributed by atoms with Crippen LogP contribution in [0, 0.1) is 28.6 Å². The Bertz CT molecular complexity index is 1190. The minimum atomic E-state index is -4.26. The molecule has 0 amide bonds. The molecule has 5 rings (SSSR count). The van der Waals surface area contributed by atoms with E-state index >= 15 is 0 Å². The van der Waals surface area contributed by atoms with Gasteiger partial charge in [0.2, 0.25) is 0 Å². The van der Waals surface area contributed by atoms with Crippen LogP contribution in [0.25, 0.3) is 0 Å². The van der Waals surface area contributed by atoms with Gasteiger partial charge in [0, 0.05) is 18.8 Å². The molecule has 5 aliphatic rings. The molecule has 11 heteroatoms. The first-order chi connectivity index (χ1) is 16.7. The Balaban J connectivity index is 1.63. The van der Waals surface area contributed by atoms with Crippen LogP contribution in [0.5, 0.6) is 0 Å². The van der Waals surface area contributed by atoms with Crippen molar-refractivity contribution >= 4 is 33.8 Å². The second-order valence-corrected chi connectivity index (χ2v) is 13.1. The van der Waals surface area contributed by atoms with Crippen molar-refractivity contribution in [2.75, 3.05) is 12.9 Å². The number of carbonyl (C=O) groups excluding carboxylic acids is 4. The van der Waals surface area contributed by atoms with Gasteiger partial charge in [0.1, 0.15) is 28.2 Å². The monoisotopic (exact) mass is 524 g/mol. The molecule has 198 valence electrons. The van der Waals surface area contributed by atoms with E-state index < -0.39 is 79.5 Å². The zero-order valence-corrected chi connectivity index (χ0v) is 21.8. The first-order valence-electron chi connectivity index (χ1n) is 12.3. The molecule has 5 fully saturated rings. The van der Waals surface area contributed by atoms with E-state index in [9.17, 15) is 27.6 Å². The summed E-state index contributed by atoms with van der Waals surface area (Å²) >= 11 is 0. The van der Waals surface area contributed by atoms with Gasteiger partial charge in [-0.25, -0.2) is 0 Å². The van der Waals surface area contributed by atoms with Gasteiger partial charge in [-0.15, -0.1) is 0 Å². The van der Waals surface area contributed by atoms with E-state index in [1.54, 1.807) is 6.92 Å². The minimum absolute atomic E-state index is 0.215. The van der Waals surface area contributed by atoms with Crippen molar-refractivity contribution in [1.29, 1.82) is 0 Å². The highest BCUT2D eigenvalue weighted by molar-refractivity contribution is 7.87. The molecule has 0 N–H and O–H groups in total. The highest BCUT2D eigenvalue weighted by Crippen LogP contribution is 2.79. The molecule has 2 unspecified atom stereocenters. The highest BCUT2D eigenvalue weighted by atomic mass is 32.2. The molecule has 1 spiro atoms. The standard InChI is InChI=1S/C25H32O10S/c1-13-10-23-12-24(13,33-15(3)27)8-6-16(23)25-9-7-17(35-36(30,31)11-14(2)26)22(4,21(29)34-25)19(25)18(23)20(28)32-5/h16-19H,1,6-12H2,2-5H3/t16?,17-,18-,19?,22+,23+,24+,25-/m1/s1. The number of esters is 3. The lowest BCUT2D eigenvalue weighted by atomic mass is 9.59. The largest absolute Gasteiger partial charge is 0.469 e. The third kappa shape index (κ3) is 3.07. The van der Waals surface area contributed by atoms with Gasteiger partial charge in [-0.1, -0.05) is 6.58 Å². The predicted molar refractivity (Wildman–Crippen MR) is 123 cm³/mol. The Kier molecular flexibility index (Phi) is 5.38. The van der Waals surface area contributed by atoms with Crippen LogP contribution in [0.3, 0.4) is 0 Å². The van der Waals surface area contributed by atoms with E-state index in [0.29, 0.717) is 32.1 Å². The lowest BCUT2D eigenvalue weighted by Crippen LogP contribution is -2.54. The fourth-order valence-corrected chi connectivity index (χ4v) is 9.98. The van der Waals surface area contributed by atoms with Gasteiger partial charge in [-0.3, -0.25) is 23.4 Å². The molecule has 4 saturated carbocycles. The number of hydrogen-bond acceptors (Lipinski definition) is 10. The molecule has 10 nitrogen and oxygen atoms in total. The number of methoxy groups -OCH3 is 1. The highest BCUT2D eigenvalue weighted by Gasteiger charge is 2.85. The molecular weight excluding hydrogens is 492 g/mol. The van der Waals surface area contributed by atoms with Gasteiger partial charge in [-0.2, -0.15) is 8.42 Å². The van der Waals surface area contributed by atoms with Gasteiger partial charge in [0.15, 0.2) is 0 Å². The molecular formula is C25H32O10S. The second-order valence-electron chi connectivity index (χ2n) is 11.5. The molecule has 0 aromatic carbocycles. The number of Topliss-reactive ketones (excluding diaryl/α,β-unsaturated/α-hetero) is 1. The number of ketones is 1. The van der Waals surface area contributed by atoms with Gasteiger partial charge in [0.25, 0.3) is 10.1 Å². The smallest absolute Gasteiger partial charge is 0.315 e. The first kappa shape index (κ1) is 25.4. The fourth-order valence-electron chi connectivity index (χ4n) is 8.76. The summed E-state index contributed by atoms with van der Waals surface area (Å²) in [7, 11) is -2.97. The zero-order valence-electron chi connectivity index (χ0n) is 21.0. The van der Waals surface area contributed by atoms with Crippen molar-refractivity contribution in [3.8, 4) is 0 Å². The Morgan fingerprint density at radius 1 is 1.17 bits per heavy atom. The molecule has 8 atom stereocenters. The van der Waals surface area contributed by atoms with Crippen LogP contribution in [-0.2, 0) is 47.7 Å². The molecule has 1 aliphatic heterocycles. The van der Waals surface area contributed by atoms with Gasteiger partial charge >= 0.3 is 17.9 Å². The zero-order chi connectivity index (χ0) is 26.5. The molecule has 4 bridgehead atoms. The Labute approximate surface area is 210 Å². The summed E-state index contributed by atoms with van der Waals surface area (Å²) in [6.45, 7) is 8.32. The summed E-state index contributed by atoms with van der Waals surface area (Å²) in [5.41, 5.74) is -3.35. The predicted octanol–water partition coefficient (Wildman–Crippen LogP) is 1.85.